The Morgan fingerprint density at radius 1 is 1.23 bits per heavy atom. The molecule has 2 heteroatoms. The largest absolute Gasteiger partial charge is 0.380 e. The van der Waals surface area contributed by atoms with Crippen molar-refractivity contribution in [3.8, 4) is 0 Å². The fourth-order valence-corrected chi connectivity index (χ4v) is 1.25. The Morgan fingerprint density at radius 2 is 1.92 bits per heavy atom. The fourth-order valence-electron chi connectivity index (χ4n) is 1.25. The number of hydrogen-bond donors (Lipinski definition) is 1. The van der Waals surface area contributed by atoms with Crippen molar-refractivity contribution < 1.29 is 4.74 Å². The third-order valence-electron chi connectivity index (χ3n) is 2.40. The molecule has 0 aliphatic heterocycles. The molecule has 0 fully saturated rings. The lowest BCUT2D eigenvalue weighted by Gasteiger charge is -2.16. The van der Waals surface area contributed by atoms with Gasteiger partial charge in [0.1, 0.15) is 0 Å². The van der Waals surface area contributed by atoms with Crippen molar-refractivity contribution in [3.63, 3.8) is 0 Å². The average Bonchev–Trinajstić information content (AvgIpc) is 2.14. The van der Waals surface area contributed by atoms with E-state index < -0.39 is 0 Å². The molecule has 2 atom stereocenters. The molecule has 2 unspecified atom stereocenters. The molecule has 0 saturated carbocycles. The van der Waals surface area contributed by atoms with Gasteiger partial charge in [-0.05, 0) is 20.3 Å². The topological polar surface area (TPSA) is 21.3 Å². The summed E-state index contributed by atoms with van der Waals surface area (Å²) in [5.74, 6) is 0. The van der Waals surface area contributed by atoms with Gasteiger partial charge in [-0.25, -0.2) is 0 Å². The van der Waals surface area contributed by atoms with Crippen molar-refractivity contribution in [1.82, 2.24) is 5.32 Å². The molecule has 0 spiro atoms. The van der Waals surface area contributed by atoms with Crippen molar-refractivity contribution in [2.75, 3.05) is 13.7 Å². The van der Waals surface area contributed by atoms with Crippen LogP contribution >= 0.6 is 0 Å². The molecule has 1 N–H and O–H groups in total. The lowest BCUT2D eigenvalue weighted by Crippen LogP contribution is -2.33. The quantitative estimate of drug-likeness (QED) is 0.590. The van der Waals surface area contributed by atoms with Crippen LogP contribution in [0.1, 0.15) is 46.5 Å². The second kappa shape index (κ2) is 8.52. The highest BCUT2D eigenvalue weighted by Gasteiger charge is 2.03. The van der Waals surface area contributed by atoms with Crippen LogP contribution in [0.5, 0.6) is 0 Å². The maximum atomic E-state index is 5.16. The van der Waals surface area contributed by atoms with E-state index >= 15 is 0 Å². The highest BCUT2D eigenvalue weighted by Crippen LogP contribution is 2.02. The van der Waals surface area contributed by atoms with Crippen molar-refractivity contribution >= 4 is 0 Å². The molecule has 0 aliphatic rings. The molecular weight excluding hydrogens is 162 g/mol. The minimum atomic E-state index is 0.327. The smallest absolute Gasteiger partial charge is 0.0667 e. The van der Waals surface area contributed by atoms with E-state index in [1.165, 1.54) is 25.7 Å². The molecule has 0 aliphatic carbocycles. The van der Waals surface area contributed by atoms with Crippen LogP contribution in [0.15, 0.2) is 0 Å². The van der Waals surface area contributed by atoms with Crippen molar-refractivity contribution in [1.29, 1.82) is 0 Å². The summed E-state index contributed by atoms with van der Waals surface area (Å²) < 4.78 is 5.16. The van der Waals surface area contributed by atoms with Crippen LogP contribution in [-0.4, -0.2) is 25.8 Å². The number of ether oxygens (including phenoxy) is 1. The van der Waals surface area contributed by atoms with Crippen LogP contribution in [0, 0.1) is 0 Å². The summed E-state index contributed by atoms with van der Waals surface area (Å²) in [7, 11) is 1.76. The summed E-state index contributed by atoms with van der Waals surface area (Å²) in [4.78, 5) is 0. The first kappa shape index (κ1) is 12.9. The number of methoxy groups -OCH3 is 1. The first-order valence-electron chi connectivity index (χ1n) is 5.46. The molecule has 0 aromatic rings. The predicted molar refractivity (Wildman–Crippen MR) is 58.1 cm³/mol. The van der Waals surface area contributed by atoms with Crippen LogP contribution in [0.2, 0.25) is 0 Å². The molecule has 0 bridgehead atoms. The van der Waals surface area contributed by atoms with E-state index in [4.69, 9.17) is 4.74 Å². The standard InChI is InChI=1S/C11H25NO/c1-5-6-7-8-10(2)12-9-11(3)13-4/h10-12H,5-9H2,1-4H3. The van der Waals surface area contributed by atoms with Gasteiger partial charge >= 0.3 is 0 Å². The molecule has 0 aromatic carbocycles. The van der Waals surface area contributed by atoms with Gasteiger partial charge in [0.05, 0.1) is 6.10 Å². The van der Waals surface area contributed by atoms with Gasteiger partial charge in [-0.1, -0.05) is 26.2 Å². The van der Waals surface area contributed by atoms with Gasteiger partial charge in [0, 0.05) is 19.7 Å². The molecule has 0 amide bonds. The maximum Gasteiger partial charge on any atom is 0.0667 e. The maximum absolute atomic E-state index is 5.16. The van der Waals surface area contributed by atoms with Gasteiger partial charge in [-0.2, -0.15) is 0 Å². The summed E-state index contributed by atoms with van der Waals surface area (Å²) in [5.41, 5.74) is 0. The number of unbranched alkanes of at least 4 members (excludes halogenated alkanes) is 2. The zero-order valence-corrected chi connectivity index (χ0v) is 9.60. The summed E-state index contributed by atoms with van der Waals surface area (Å²) >= 11 is 0. The van der Waals surface area contributed by atoms with Gasteiger partial charge in [0.25, 0.3) is 0 Å². The van der Waals surface area contributed by atoms with E-state index in [1.54, 1.807) is 7.11 Å². The van der Waals surface area contributed by atoms with Crippen LogP contribution in [0.25, 0.3) is 0 Å². The Labute approximate surface area is 83.1 Å². The van der Waals surface area contributed by atoms with Gasteiger partial charge in [-0.15, -0.1) is 0 Å². The second-order valence-electron chi connectivity index (χ2n) is 3.85. The van der Waals surface area contributed by atoms with E-state index in [2.05, 4.69) is 26.1 Å². The highest BCUT2D eigenvalue weighted by molar-refractivity contribution is 4.63. The lowest BCUT2D eigenvalue weighted by molar-refractivity contribution is 0.114. The van der Waals surface area contributed by atoms with Crippen LogP contribution in [0.4, 0.5) is 0 Å². The normalized spacial score (nSPS) is 15.7. The minimum Gasteiger partial charge on any atom is -0.380 e. The first-order chi connectivity index (χ1) is 6.20. The summed E-state index contributed by atoms with van der Waals surface area (Å²) in [6.45, 7) is 7.54. The second-order valence-corrected chi connectivity index (χ2v) is 3.85. The molecule has 0 aromatic heterocycles. The predicted octanol–water partition coefficient (Wildman–Crippen LogP) is 2.58. The zero-order valence-electron chi connectivity index (χ0n) is 9.60. The first-order valence-corrected chi connectivity index (χ1v) is 5.46. The number of rotatable bonds is 8. The molecule has 0 rings (SSSR count). The van der Waals surface area contributed by atoms with Gasteiger partial charge < -0.3 is 10.1 Å². The van der Waals surface area contributed by atoms with Gasteiger partial charge in [-0.3, -0.25) is 0 Å². The summed E-state index contributed by atoms with van der Waals surface area (Å²) in [6, 6.07) is 0.629. The van der Waals surface area contributed by atoms with Crippen molar-refractivity contribution in [2.24, 2.45) is 0 Å². The van der Waals surface area contributed by atoms with Crippen LogP contribution < -0.4 is 5.32 Å². The highest BCUT2D eigenvalue weighted by atomic mass is 16.5. The average molecular weight is 187 g/mol. The third kappa shape index (κ3) is 8.26. The molecule has 0 heterocycles. The van der Waals surface area contributed by atoms with Crippen molar-refractivity contribution in [2.45, 2.75) is 58.6 Å². The fraction of sp³-hybridized carbons (Fsp3) is 1.00. The summed E-state index contributed by atoms with van der Waals surface area (Å²) in [5, 5.41) is 3.47. The van der Waals surface area contributed by atoms with E-state index in [-0.39, 0.29) is 0 Å². The van der Waals surface area contributed by atoms with Gasteiger partial charge in [0.2, 0.25) is 0 Å². The molecule has 0 saturated heterocycles. The SMILES string of the molecule is CCCCCC(C)NCC(C)OC. The van der Waals surface area contributed by atoms with E-state index in [0.29, 0.717) is 12.1 Å². The van der Waals surface area contributed by atoms with Crippen LogP contribution in [-0.2, 0) is 4.74 Å². The Bertz CT molecular complexity index is 106. The molecule has 0 radical (unpaired) electrons. The monoisotopic (exact) mass is 187 g/mol. The van der Waals surface area contributed by atoms with E-state index in [1.807, 2.05) is 0 Å². The molecule has 80 valence electrons. The molecule has 2 nitrogen and oxygen atoms in total. The van der Waals surface area contributed by atoms with Crippen LogP contribution in [0.3, 0.4) is 0 Å². The Kier molecular flexibility index (Phi) is 8.46. The van der Waals surface area contributed by atoms with E-state index in [0.717, 1.165) is 6.54 Å². The lowest BCUT2D eigenvalue weighted by atomic mass is 10.1. The minimum absolute atomic E-state index is 0.327. The Balaban J connectivity index is 3.24. The zero-order chi connectivity index (χ0) is 10.1. The third-order valence-corrected chi connectivity index (χ3v) is 2.40. The van der Waals surface area contributed by atoms with Crippen molar-refractivity contribution in [3.05, 3.63) is 0 Å². The van der Waals surface area contributed by atoms with E-state index in [9.17, 15) is 0 Å². The number of hydrogen-bond acceptors (Lipinski definition) is 2. The molecular formula is C11H25NO. The molecule has 13 heavy (non-hydrogen) atoms. The Hall–Kier alpha value is -0.0800. The number of nitrogens with one attached hydrogen (secondary N) is 1. The van der Waals surface area contributed by atoms with Gasteiger partial charge in [0.15, 0.2) is 0 Å². The Morgan fingerprint density at radius 3 is 2.46 bits per heavy atom. The summed E-state index contributed by atoms with van der Waals surface area (Å²) in [6.07, 6.45) is 5.61.